The molecule has 2 aromatic rings. The molecule has 0 bridgehead atoms. The third-order valence-electron chi connectivity index (χ3n) is 3.38. The number of hydrogen-bond donors (Lipinski definition) is 1. The average molecular weight is 353 g/mol. The Labute approximate surface area is 141 Å². The van der Waals surface area contributed by atoms with Gasteiger partial charge in [-0.15, -0.1) is 11.3 Å². The second-order valence-electron chi connectivity index (χ2n) is 5.24. The standard InChI is InChI=1S/C14H16FN5O3S/c1-8(7-19-10(3)13(20(22)23)9(2)18-19)14(21)17-16-6-11-4-5-12(15)24-11/h4-6,8H,7H2,1-3H3,(H,17,21)/b16-6-/t8-/m0/s1. The highest BCUT2D eigenvalue weighted by molar-refractivity contribution is 7.12. The molecule has 0 aromatic carbocycles. The minimum atomic E-state index is -0.500. The summed E-state index contributed by atoms with van der Waals surface area (Å²) in [5, 5.41) is 18.5. The van der Waals surface area contributed by atoms with Crippen molar-refractivity contribution in [3.63, 3.8) is 0 Å². The summed E-state index contributed by atoms with van der Waals surface area (Å²) in [5.74, 6) is -0.863. The van der Waals surface area contributed by atoms with E-state index in [9.17, 15) is 19.3 Å². The summed E-state index contributed by atoms with van der Waals surface area (Å²) >= 11 is 0.914. The summed E-state index contributed by atoms with van der Waals surface area (Å²) < 4.78 is 14.3. The van der Waals surface area contributed by atoms with Crippen LogP contribution < -0.4 is 5.43 Å². The first kappa shape index (κ1) is 17.7. The maximum absolute atomic E-state index is 12.8. The van der Waals surface area contributed by atoms with E-state index < -0.39 is 10.8 Å². The predicted molar refractivity (Wildman–Crippen MR) is 87.5 cm³/mol. The van der Waals surface area contributed by atoms with E-state index in [0.29, 0.717) is 16.3 Å². The molecular formula is C14H16FN5O3S. The number of carbonyl (C=O) groups is 1. The van der Waals surface area contributed by atoms with E-state index in [1.54, 1.807) is 26.8 Å². The number of aryl methyl sites for hydroxylation is 1. The van der Waals surface area contributed by atoms with Crippen molar-refractivity contribution in [2.45, 2.75) is 27.3 Å². The Bertz CT molecular complexity index is 798. The largest absolute Gasteiger partial charge is 0.312 e. The van der Waals surface area contributed by atoms with Crippen LogP contribution in [0.15, 0.2) is 17.2 Å². The number of aromatic nitrogens is 2. The molecule has 0 radical (unpaired) electrons. The number of nitrogens with one attached hydrogen (secondary N) is 1. The Hall–Kier alpha value is -2.62. The smallest absolute Gasteiger partial charge is 0.273 e. The van der Waals surface area contributed by atoms with Crippen LogP contribution >= 0.6 is 11.3 Å². The summed E-state index contributed by atoms with van der Waals surface area (Å²) in [6.07, 6.45) is 1.35. The van der Waals surface area contributed by atoms with E-state index in [2.05, 4.69) is 15.6 Å². The highest BCUT2D eigenvalue weighted by Gasteiger charge is 2.24. The number of nitrogens with zero attached hydrogens (tertiary/aromatic N) is 4. The average Bonchev–Trinajstić information content (AvgIpc) is 3.02. The fourth-order valence-electron chi connectivity index (χ4n) is 2.14. The molecule has 10 heteroatoms. The molecule has 0 aliphatic heterocycles. The molecule has 0 spiro atoms. The lowest BCUT2D eigenvalue weighted by Gasteiger charge is -2.10. The van der Waals surface area contributed by atoms with Gasteiger partial charge >= 0.3 is 5.69 Å². The van der Waals surface area contributed by atoms with Crippen molar-refractivity contribution in [1.29, 1.82) is 0 Å². The summed E-state index contributed by atoms with van der Waals surface area (Å²) in [6, 6.07) is 2.86. The quantitative estimate of drug-likeness (QED) is 0.489. The van der Waals surface area contributed by atoms with Gasteiger partial charge in [-0.2, -0.15) is 14.6 Å². The molecular weight excluding hydrogens is 337 g/mol. The normalized spacial score (nSPS) is 12.5. The Morgan fingerprint density at radius 1 is 1.58 bits per heavy atom. The molecule has 8 nitrogen and oxygen atoms in total. The van der Waals surface area contributed by atoms with Crippen molar-refractivity contribution in [3.8, 4) is 0 Å². The lowest BCUT2D eigenvalue weighted by atomic mass is 10.1. The molecule has 1 N–H and O–H groups in total. The Morgan fingerprint density at radius 2 is 2.29 bits per heavy atom. The van der Waals surface area contributed by atoms with Gasteiger partial charge in [-0.3, -0.25) is 19.6 Å². The first-order valence-electron chi connectivity index (χ1n) is 7.06. The minimum absolute atomic E-state index is 0.0413. The molecule has 0 aliphatic rings. The topological polar surface area (TPSA) is 102 Å². The van der Waals surface area contributed by atoms with E-state index in [-0.39, 0.29) is 23.3 Å². The fraction of sp³-hybridized carbons (Fsp3) is 0.357. The number of hydrazone groups is 1. The van der Waals surface area contributed by atoms with E-state index in [1.165, 1.54) is 17.0 Å². The molecule has 0 unspecified atom stereocenters. The molecule has 24 heavy (non-hydrogen) atoms. The highest BCUT2D eigenvalue weighted by atomic mass is 32.1. The van der Waals surface area contributed by atoms with Gasteiger partial charge in [-0.25, -0.2) is 5.43 Å². The van der Waals surface area contributed by atoms with Crippen LogP contribution in [0.3, 0.4) is 0 Å². The van der Waals surface area contributed by atoms with Gasteiger partial charge in [0, 0.05) is 0 Å². The highest BCUT2D eigenvalue weighted by Crippen LogP contribution is 2.22. The van der Waals surface area contributed by atoms with Crippen LogP contribution in [-0.2, 0) is 11.3 Å². The molecule has 1 amide bonds. The predicted octanol–water partition coefficient (Wildman–Crippen LogP) is 2.40. The summed E-state index contributed by atoms with van der Waals surface area (Å²) in [6.45, 7) is 5.00. The van der Waals surface area contributed by atoms with Gasteiger partial charge in [0.1, 0.15) is 11.4 Å². The Balaban J connectivity index is 1.98. The monoisotopic (exact) mass is 353 g/mol. The molecule has 2 aromatic heterocycles. The molecule has 128 valence electrons. The summed E-state index contributed by atoms with van der Waals surface area (Å²) in [4.78, 5) is 23.1. The van der Waals surface area contributed by atoms with Crippen LogP contribution in [0.5, 0.6) is 0 Å². The number of halogens is 1. The van der Waals surface area contributed by atoms with Crippen LogP contribution in [0.1, 0.15) is 23.2 Å². The molecule has 0 fully saturated rings. The number of nitro groups is 1. The van der Waals surface area contributed by atoms with Gasteiger partial charge in [-0.1, -0.05) is 6.92 Å². The zero-order valence-electron chi connectivity index (χ0n) is 13.3. The van der Waals surface area contributed by atoms with Crippen molar-refractivity contribution < 1.29 is 14.1 Å². The maximum atomic E-state index is 12.8. The second-order valence-corrected chi connectivity index (χ2v) is 6.30. The van der Waals surface area contributed by atoms with Gasteiger partial charge in [0.05, 0.1) is 28.5 Å². The second kappa shape index (κ2) is 7.30. The van der Waals surface area contributed by atoms with Gasteiger partial charge in [-0.05, 0) is 26.0 Å². The SMILES string of the molecule is Cc1nn(C[C@H](C)C(=O)N/N=C\c2ccc(F)s2)c(C)c1[N+](=O)[O-]. The maximum Gasteiger partial charge on any atom is 0.312 e. The zero-order valence-corrected chi connectivity index (χ0v) is 14.1. The lowest BCUT2D eigenvalue weighted by Crippen LogP contribution is -2.28. The third-order valence-corrected chi connectivity index (χ3v) is 4.19. The van der Waals surface area contributed by atoms with Crippen LogP contribution in [0.4, 0.5) is 10.1 Å². The summed E-state index contributed by atoms with van der Waals surface area (Å²) in [5.41, 5.74) is 3.03. The van der Waals surface area contributed by atoms with E-state index in [4.69, 9.17) is 0 Å². The van der Waals surface area contributed by atoms with Crippen molar-refractivity contribution in [2.75, 3.05) is 0 Å². The summed E-state index contributed by atoms with van der Waals surface area (Å²) in [7, 11) is 0. The van der Waals surface area contributed by atoms with E-state index in [1.807, 2.05) is 0 Å². The Morgan fingerprint density at radius 3 is 2.83 bits per heavy atom. The lowest BCUT2D eigenvalue weighted by molar-refractivity contribution is -0.386. The van der Waals surface area contributed by atoms with Crippen LogP contribution in [-0.4, -0.2) is 26.8 Å². The number of thiophene rings is 1. The first-order valence-corrected chi connectivity index (χ1v) is 7.88. The zero-order chi connectivity index (χ0) is 17.9. The van der Waals surface area contributed by atoms with E-state index in [0.717, 1.165) is 11.3 Å². The number of rotatable bonds is 6. The van der Waals surface area contributed by atoms with Crippen LogP contribution in [0, 0.1) is 35.0 Å². The third kappa shape index (κ3) is 4.02. The first-order chi connectivity index (χ1) is 11.3. The number of carbonyl (C=O) groups excluding carboxylic acids is 1. The van der Waals surface area contributed by atoms with Crippen molar-refractivity contribution in [3.05, 3.63) is 43.6 Å². The molecule has 0 aliphatic carbocycles. The Kier molecular flexibility index (Phi) is 5.39. The van der Waals surface area contributed by atoms with Crippen molar-refractivity contribution in [1.82, 2.24) is 15.2 Å². The van der Waals surface area contributed by atoms with Gasteiger partial charge in [0.25, 0.3) is 0 Å². The molecule has 2 heterocycles. The van der Waals surface area contributed by atoms with Crippen molar-refractivity contribution >= 4 is 29.1 Å². The van der Waals surface area contributed by atoms with Crippen LogP contribution in [0.2, 0.25) is 0 Å². The number of amides is 1. The fourth-order valence-corrected chi connectivity index (χ4v) is 2.74. The molecule has 0 saturated carbocycles. The minimum Gasteiger partial charge on any atom is -0.273 e. The van der Waals surface area contributed by atoms with Gasteiger partial charge in [0.2, 0.25) is 5.91 Å². The molecule has 0 saturated heterocycles. The van der Waals surface area contributed by atoms with E-state index >= 15 is 0 Å². The number of hydrogen-bond acceptors (Lipinski definition) is 6. The molecule has 2 rings (SSSR count). The molecule has 1 atom stereocenters. The van der Waals surface area contributed by atoms with Gasteiger partial charge < -0.3 is 0 Å². The van der Waals surface area contributed by atoms with Gasteiger partial charge in [0.15, 0.2) is 5.13 Å². The van der Waals surface area contributed by atoms with Crippen molar-refractivity contribution in [2.24, 2.45) is 11.0 Å². The van der Waals surface area contributed by atoms with Crippen LogP contribution in [0.25, 0.3) is 0 Å².